The molecule has 1 saturated carbocycles. The van der Waals surface area contributed by atoms with Crippen LogP contribution in [0.5, 0.6) is 5.75 Å². The van der Waals surface area contributed by atoms with Gasteiger partial charge in [0.1, 0.15) is 35.1 Å². The molecule has 3 aromatic heterocycles. The van der Waals surface area contributed by atoms with Gasteiger partial charge in [-0.15, -0.1) is 0 Å². The van der Waals surface area contributed by atoms with Crippen molar-refractivity contribution >= 4 is 28.4 Å². The monoisotopic (exact) mass is 502 g/mol. The molecule has 10 heteroatoms. The van der Waals surface area contributed by atoms with Gasteiger partial charge in [-0.05, 0) is 59.8 Å². The number of nitrogens with one attached hydrogen (secondary N) is 3. The molecule has 0 saturated heterocycles. The molecule has 1 aliphatic carbocycles. The van der Waals surface area contributed by atoms with Crippen molar-refractivity contribution in [3.05, 3.63) is 40.9 Å². The van der Waals surface area contributed by atoms with Crippen LogP contribution in [0.2, 0.25) is 0 Å². The molecule has 10 nitrogen and oxygen atoms in total. The fourth-order valence-corrected chi connectivity index (χ4v) is 5.10. The number of rotatable bonds is 7. The first-order chi connectivity index (χ1) is 17.8. The first-order valence-corrected chi connectivity index (χ1v) is 12.8. The molecule has 3 N–H and O–H groups in total. The maximum absolute atomic E-state index is 5.85. The van der Waals surface area contributed by atoms with Crippen LogP contribution in [0.4, 0.5) is 11.6 Å². The summed E-state index contributed by atoms with van der Waals surface area (Å²) in [5.74, 6) is 4.81. The summed E-state index contributed by atoms with van der Waals surface area (Å²) < 4.78 is 13.4. The summed E-state index contributed by atoms with van der Waals surface area (Å²) in [6.45, 7) is 7.63. The van der Waals surface area contributed by atoms with E-state index in [1.807, 2.05) is 20.8 Å². The summed E-state index contributed by atoms with van der Waals surface area (Å²) in [4.78, 5) is 10.7. The number of aliphatic imine (C=N–C) groups is 1. The Morgan fingerprint density at radius 3 is 2.68 bits per heavy atom. The third-order valence-electron chi connectivity index (χ3n) is 7.13. The zero-order valence-electron chi connectivity index (χ0n) is 22.3. The Labute approximate surface area is 216 Å². The maximum atomic E-state index is 5.85. The second kappa shape index (κ2) is 8.95. The van der Waals surface area contributed by atoms with Gasteiger partial charge in [0, 0.05) is 35.0 Å². The van der Waals surface area contributed by atoms with E-state index in [4.69, 9.17) is 19.4 Å². The van der Waals surface area contributed by atoms with Crippen molar-refractivity contribution in [2.45, 2.75) is 52.2 Å². The van der Waals surface area contributed by atoms with Crippen LogP contribution < -0.4 is 15.4 Å². The minimum absolute atomic E-state index is 0.0898. The molecule has 4 aromatic rings. The van der Waals surface area contributed by atoms with Gasteiger partial charge in [0.05, 0.1) is 36.2 Å². The number of amidine groups is 1. The van der Waals surface area contributed by atoms with Crippen molar-refractivity contribution in [1.29, 1.82) is 0 Å². The molecule has 2 aliphatic rings. The number of benzene rings is 1. The van der Waals surface area contributed by atoms with Gasteiger partial charge < -0.3 is 29.8 Å². The van der Waals surface area contributed by atoms with Crippen LogP contribution in [0.1, 0.15) is 48.4 Å². The average Bonchev–Trinajstić information content (AvgIpc) is 3.42. The number of methoxy groups -OCH3 is 1. The molecule has 0 radical (unpaired) electrons. The van der Waals surface area contributed by atoms with Crippen LogP contribution >= 0.6 is 0 Å². The lowest BCUT2D eigenvalue weighted by molar-refractivity contribution is 0.374. The van der Waals surface area contributed by atoms with Crippen molar-refractivity contribution in [3.63, 3.8) is 0 Å². The second-order valence-corrected chi connectivity index (χ2v) is 10.4. The highest BCUT2D eigenvalue weighted by molar-refractivity contribution is 6.20. The Balaban J connectivity index is 1.43. The molecule has 1 fully saturated rings. The third kappa shape index (κ3) is 4.25. The Hall–Kier alpha value is -3.79. The van der Waals surface area contributed by atoms with E-state index in [1.165, 1.54) is 12.8 Å². The Kier molecular flexibility index (Phi) is 5.71. The van der Waals surface area contributed by atoms with E-state index in [0.29, 0.717) is 5.92 Å². The first kappa shape index (κ1) is 23.6. The van der Waals surface area contributed by atoms with Gasteiger partial charge in [-0.2, -0.15) is 5.10 Å². The Morgan fingerprint density at radius 1 is 1.19 bits per heavy atom. The standard InChI is InChI=1S/C27H34N8O2/c1-14-24(15(2)37-33-14)19-11-21-18(12-22(19)36-6)25-26(30-21)28-16(3)29-27(25)31-23-13-20(17-7-8-17)32-35(23)10-9-34(4)5/h11-13,16-17,28,30H,7-10H2,1-6H3,(H,29,31). The molecule has 1 unspecified atom stereocenters. The molecule has 6 rings (SSSR count). The number of H-pyrrole nitrogens is 1. The SMILES string of the molecule is COc1cc2c3c([nH]c2cc1-c1c(C)noc1C)NC(C)N=C3Nc1cc(C2CC2)nn1CCN(C)C. The molecule has 0 amide bonds. The number of hydrogen-bond acceptors (Lipinski definition) is 8. The lowest BCUT2D eigenvalue weighted by Crippen LogP contribution is -2.28. The minimum atomic E-state index is -0.0898. The number of aromatic amines is 1. The summed E-state index contributed by atoms with van der Waals surface area (Å²) in [5.41, 5.74) is 5.87. The summed E-state index contributed by atoms with van der Waals surface area (Å²) in [6.07, 6.45) is 2.34. The third-order valence-corrected chi connectivity index (χ3v) is 7.13. The quantitative estimate of drug-likeness (QED) is 0.336. The predicted octanol–water partition coefficient (Wildman–Crippen LogP) is 4.71. The first-order valence-electron chi connectivity index (χ1n) is 12.8. The number of anilines is 2. The van der Waals surface area contributed by atoms with E-state index in [0.717, 1.165) is 81.1 Å². The van der Waals surface area contributed by atoms with Gasteiger partial charge in [0.2, 0.25) is 0 Å². The van der Waals surface area contributed by atoms with E-state index < -0.39 is 0 Å². The molecule has 1 aliphatic heterocycles. The molecule has 1 aromatic carbocycles. The molecule has 1 atom stereocenters. The van der Waals surface area contributed by atoms with Gasteiger partial charge in [-0.3, -0.25) is 0 Å². The Morgan fingerprint density at radius 2 is 2.00 bits per heavy atom. The van der Waals surface area contributed by atoms with Crippen molar-refractivity contribution in [1.82, 2.24) is 24.8 Å². The lowest BCUT2D eigenvalue weighted by Gasteiger charge is -2.22. The minimum Gasteiger partial charge on any atom is -0.496 e. The highest BCUT2D eigenvalue weighted by atomic mass is 16.5. The van der Waals surface area contributed by atoms with Crippen LogP contribution in [0.15, 0.2) is 27.7 Å². The number of hydrogen-bond donors (Lipinski definition) is 3. The number of nitrogens with zero attached hydrogens (tertiary/aromatic N) is 5. The van der Waals surface area contributed by atoms with Crippen LogP contribution in [0.3, 0.4) is 0 Å². The highest BCUT2D eigenvalue weighted by Crippen LogP contribution is 2.42. The zero-order chi connectivity index (χ0) is 25.8. The summed E-state index contributed by atoms with van der Waals surface area (Å²) in [6, 6.07) is 6.36. The molecule has 4 heterocycles. The van der Waals surface area contributed by atoms with Gasteiger partial charge >= 0.3 is 0 Å². The van der Waals surface area contributed by atoms with Crippen LogP contribution in [-0.4, -0.2) is 64.6 Å². The summed E-state index contributed by atoms with van der Waals surface area (Å²) >= 11 is 0. The van der Waals surface area contributed by atoms with Crippen LogP contribution in [0, 0.1) is 13.8 Å². The second-order valence-electron chi connectivity index (χ2n) is 10.4. The molecular weight excluding hydrogens is 468 g/mol. The van der Waals surface area contributed by atoms with Gasteiger partial charge in [-0.25, -0.2) is 9.67 Å². The zero-order valence-corrected chi connectivity index (χ0v) is 22.3. The fraction of sp³-hybridized carbons (Fsp3) is 0.444. The maximum Gasteiger partial charge on any atom is 0.141 e. The summed E-state index contributed by atoms with van der Waals surface area (Å²) in [5, 5.41) is 17.2. The number of ether oxygens (including phenoxy) is 1. The smallest absolute Gasteiger partial charge is 0.141 e. The van der Waals surface area contributed by atoms with Crippen molar-refractivity contribution < 1.29 is 9.26 Å². The largest absolute Gasteiger partial charge is 0.496 e. The number of aryl methyl sites for hydroxylation is 2. The summed E-state index contributed by atoms with van der Waals surface area (Å²) in [7, 11) is 5.86. The normalized spacial score (nSPS) is 17.2. The average molecular weight is 503 g/mol. The molecule has 0 spiro atoms. The van der Waals surface area contributed by atoms with E-state index >= 15 is 0 Å². The molecule has 194 valence electrons. The number of aromatic nitrogens is 4. The Bertz CT molecular complexity index is 1480. The van der Waals surface area contributed by atoms with E-state index in [-0.39, 0.29) is 6.17 Å². The number of fused-ring (bicyclic) bond motifs is 3. The predicted molar refractivity (Wildman–Crippen MR) is 146 cm³/mol. The molecule has 0 bridgehead atoms. The van der Waals surface area contributed by atoms with Gasteiger partial charge in [0.25, 0.3) is 0 Å². The molecule has 37 heavy (non-hydrogen) atoms. The highest BCUT2D eigenvalue weighted by Gasteiger charge is 2.29. The van der Waals surface area contributed by atoms with Crippen molar-refractivity contribution in [2.24, 2.45) is 4.99 Å². The number of likely N-dealkylation sites (N-methyl/N-ethyl adjacent to an activating group) is 1. The lowest BCUT2D eigenvalue weighted by atomic mass is 10.00. The van der Waals surface area contributed by atoms with E-state index in [9.17, 15) is 0 Å². The molecular formula is C27H34N8O2. The van der Waals surface area contributed by atoms with Crippen molar-refractivity contribution in [3.8, 4) is 16.9 Å². The van der Waals surface area contributed by atoms with Crippen molar-refractivity contribution in [2.75, 3.05) is 38.4 Å². The van der Waals surface area contributed by atoms with E-state index in [1.54, 1.807) is 7.11 Å². The van der Waals surface area contributed by atoms with Crippen LogP contribution in [-0.2, 0) is 6.54 Å². The fourth-order valence-electron chi connectivity index (χ4n) is 5.10. The topological polar surface area (TPSA) is 109 Å². The van der Waals surface area contributed by atoms with Crippen LogP contribution in [0.25, 0.3) is 22.0 Å². The van der Waals surface area contributed by atoms with Gasteiger partial charge in [0.15, 0.2) is 0 Å². The van der Waals surface area contributed by atoms with E-state index in [2.05, 4.69) is 62.7 Å². The van der Waals surface area contributed by atoms with Gasteiger partial charge in [-0.1, -0.05) is 5.16 Å².